The molecule has 108 valence electrons. The van der Waals surface area contributed by atoms with Crippen LogP contribution in [-0.2, 0) is 9.47 Å². The van der Waals surface area contributed by atoms with Crippen molar-refractivity contribution in [2.24, 2.45) is 0 Å². The lowest BCUT2D eigenvalue weighted by molar-refractivity contribution is -0.0330. The van der Waals surface area contributed by atoms with E-state index in [4.69, 9.17) is 14.2 Å². The number of ether oxygens (including phenoxy) is 3. The molecule has 2 atom stereocenters. The third-order valence-corrected chi connectivity index (χ3v) is 4.21. The van der Waals surface area contributed by atoms with Crippen molar-refractivity contribution in [2.45, 2.75) is 18.6 Å². The average Bonchev–Trinajstić information content (AvgIpc) is 3.09. The lowest BCUT2D eigenvalue weighted by Gasteiger charge is -2.14. The first-order chi connectivity index (χ1) is 10.2. The van der Waals surface area contributed by atoms with E-state index in [0.717, 1.165) is 11.8 Å². The zero-order chi connectivity index (χ0) is 14.6. The third-order valence-electron chi connectivity index (χ3n) is 4.21. The van der Waals surface area contributed by atoms with Gasteiger partial charge < -0.3 is 19.3 Å². The fourth-order valence-electron chi connectivity index (χ4n) is 3.27. The molecule has 0 bridgehead atoms. The minimum atomic E-state index is -0.550. The van der Waals surface area contributed by atoms with E-state index in [1.807, 2.05) is 18.2 Å². The molecule has 1 saturated heterocycles. The first-order valence-electron chi connectivity index (χ1n) is 6.86. The second kappa shape index (κ2) is 4.36. The Labute approximate surface area is 121 Å². The van der Waals surface area contributed by atoms with E-state index in [1.165, 1.54) is 7.11 Å². The van der Waals surface area contributed by atoms with E-state index >= 15 is 0 Å². The van der Waals surface area contributed by atoms with Crippen molar-refractivity contribution >= 4 is 16.7 Å². The van der Waals surface area contributed by atoms with Crippen LogP contribution in [0.2, 0.25) is 0 Å². The van der Waals surface area contributed by atoms with Crippen LogP contribution in [0.25, 0.3) is 10.8 Å². The number of benzene rings is 2. The van der Waals surface area contributed by atoms with Crippen molar-refractivity contribution in [3.8, 4) is 11.5 Å². The van der Waals surface area contributed by atoms with Crippen LogP contribution in [0, 0.1) is 0 Å². The Bertz CT molecular complexity index is 752. The number of fused-ring (bicyclic) bond motifs is 5. The Hall–Kier alpha value is -2.27. The zero-order valence-corrected chi connectivity index (χ0v) is 11.5. The highest BCUT2D eigenvalue weighted by molar-refractivity contribution is 6.06. The van der Waals surface area contributed by atoms with Gasteiger partial charge in [-0.2, -0.15) is 0 Å². The van der Waals surface area contributed by atoms with Crippen molar-refractivity contribution in [1.29, 1.82) is 0 Å². The molecule has 2 aromatic carbocycles. The van der Waals surface area contributed by atoms with Crippen LogP contribution in [0.4, 0.5) is 0 Å². The van der Waals surface area contributed by atoms with Crippen LogP contribution in [-0.4, -0.2) is 31.1 Å². The van der Waals surface area contributed by atoms with E-state index in [1.54, 1.807) is 6.07 Å². The molecule has 2 aromatic rings. The van der Waals surface area contributed by atoms with E-state index < -0.39 is 5.97 Å². The molecule has 1 fully saturated rings. The van der Waals surface area contributed by atoms with Crippen molar-refractivity contribution < 1.29 is 24.1 Å². The average molecular weight is 286 g/mol. The van der Waals surface area contributed by atoms with Gasteiger partial charge in [-0.1, -0.05) is 24.3 Å². The number of phenolic OH excluding ortho intramolecular Hbond substituents is 1. The van der Waals surface area contributed by atoms with Gasteiger partial charge in [0.1, 0.15) is 17.1 Å². The van der Waals surface area contributed by atoms with Gasteiger partial charge in [0.05, 0.1) is 19.6 Å². The summed E-state index contributed by atoms with van der Waals surface area (Å²) in [6, 6.07) is 7.31. The summed E-state index contributed by atoms with van der Waals surface area (Å²) in [6.07, 6.45) is 0.382. The molecule has 0 aromatic heterocycles. The van der Waals surface area contributed by atoms with Crippen LogP contribution in [0.5, 0.6) is 11.5 Å². The highest BCUT2D eigenvalue weighted by atomic mass is 16.7. The van der Waals surface area contributed by atoms with Crippen LogP contribution in [0.15, 0.2) is 24.3 Å². The van der Waals surface area contributed by atoms with Crippen molar-refractivity contribution in [1.82, 2.24) is 0 Å². The SMILES string of the molecule is COC(=O)c1c2c(c3ccccc3c1O)O[C@H]1OCC[C@@H]21. The van der Waals surface area contributed by atoms with E-state index in [9.17, 15) is 9.90 Å². The summed E-state index contributed by atoms with van der Waals surface area (Å²) < 4.78 is 16.3. The maximum absolute atomic E-state index is 12.1. The molecule has 2 aliphatic rings. The van der Waals surface area contributed by atoms with Gasteiger partial charge in [0.15, 0.2) is 0 Å². The number of hydrogen-bond acceptors (Lipinski definition) is 5. The maximum Gasteiger partial charge on any atom is 0.342 e. The van der Waals surface area contributed by atoms with Crippen LogP contribution in [0.3, 0.4) is 0 Å². The van der Waals surface area contributed by atoms with E-state index in [2.05, 4.69) is 0 Å². The normalized spacial score (nSPS) is 22.7. The maximum atomic E-state index is 12.1. The number of phenols is 1. The Balaban J connectivity index is 2.09. The minimum Gasteiger partial charge on any atom is -0.506 e. The summed E-state index contributed by atoms with van der Waals surface area (Å²) >= 11 is 0. The summed E-state index contributed by atoms with van der Waals surface area (Å²) in [7, 11) is 1.31. The monoisotopic (exact) mass is 286 g/mol. The Morgan fingerprint density at radius 1 is 1.33 bits per heavy atom. The predicted octanol–water partition coefficient (Wildman–Crippen LogP) is 2.55. The molecule has 2 heterocycles. The molecule has 0 unspecified atom stereocenters. The van der Waals surface area contributed by atoms with Gasteiger partial charge in [-0.05, 0) is 6.42 Å². The van der Waals surface area contributed by atoms with E-state index in [0.29, 0.717) is 23.3 Å². The van der Waals surface area contributed by atoms with Gasteiger partial charge in [-0.25, -0.2) is 4.79 Å². The van der Waals surface area contributed by atoms with Crippen molar-refractivity contribution in [2.75, 3.05) is 13.7 Å². The molecule has 0 radical (unpaired) electrons. The predicted molar refractivity (Wildman–Crippen MR) is 74.7 cm³/mol. The summed E-state index contributed by atoms with van der Waals surface area (Å²) in [6.45, 7) is 0.586. The Morgan fingerprint density at radius 3 is 2.86 bits per heavy atom. The van der Waals surface area contributed by atoms with Crippen molar-refractivity contribution in [3.05, 3.63) is 35.4 Å². The molecule has 0 saturated carbocycles. The number of aromatic hydroxyl groups is 1. The lowest BCUT2D eigenvalue weighted by atomic mass is 9.90. The molecule has 2 aliphatic heterocycles. The largest absolute Gasteiger partial charge is 0.506 e. The molecular formula is C16H14O5. The van der Waals surface area contributed by atoms with Crippen LogP contribution >= 0.6 is 0 Å². The highest BCUT2D eigenvalue weighted by Gasteiger charge is 2.44. The number of carbonyl (C=O) groups is 1. The number of hydrogen-bond donors (Lipinski definition) is 1. The number of rotatable bonds is 1. The topological polar surface area (TPSA) is 65.0 Å². The summed E-state index contributed by atoms with van der Waals surface area (Å²) in [4.78, 5) is 12.1. The quantitative estimate of drug-likeness (QED) is 0.816. The molecule has 1 N–H and O–H groups in total. The molecule has 21 heavy (non-hydrogen) atoms. The van der Waals surface area contributed by atoms with Gasteiger partial charge in [0.2, 0.25) is 6.29 Å². The van der Waals surface area contributed by atoms with Gasteiger partial charge >= 0.3 is 5.97 Å². The molecule has 0 aliphatic carbocycles. The number of esters is 1. The second-order valence-electron chi connectivity index (χ2n) is 5.26. The summed E-state index contributed by atoms with van der Waals surface area (Å²) in [5, 5.41) is 11.9. The fraction of sp³-hybridized carbons (Fsp3) is 0.312. The third kappa shape index (κ3) is 1.58. The number of carbonyl (C=O) groups excluding carboxylic acids is 1. The molecule has 0 amide bonds. The number of methoxy groups -OCH3 is 1. The van der Waals surface area contributed by atoms with Crippen LogP contribution < -0.4 is 4.74 Å². The molecule has 5 heteroatoms. The standard InChI is InChI=1S/C16H14O5/c1-19-15(18)12-11-10-6-7-20-16(10)21-14(11)9-5-3-2-4-8(9)13(12)17/h2-5,10,16-17H,6-7H2,1H3/t10-,16+/m0/s1. The Kier molecular flexibility index (Phi) is 2.59. The van der Waals surface area contributed by atoms with Crippen molar-refractivity contribution in [3.63, 3.8) is 0 Å². The van der Waals surface area contributed by atoms with Crippen LogP contribution in [0.1, 0.15) is 28.3 Å². The fourth-order valence-corrected chi connectivity index (χ4v) is 3.27. The molecule has 5 nitrogen and oxygen atoms in total. The van der Waals surface area contributed by atoms with Gasteiger partial charge in [-0.15, -0.1) is 0 Å². The van der Waals surface area contributed by atoms with E-state index in [-0.39, 0.29) is 23.5 Å². The molecule has 0 spiro atoms. The molecular weight excluding hydrogens is 272 g/mol. The Morgan fingerprint density at radius 2 is 2.10 bits per heavy atom. The van der Waals surface area contributed by atoms with Gasteiger partial charge in [-0.3, -0.25) is 0 Å². The lowest BCUT2D eigenvalue weighted by Crippen LogP contribution is -2.14. The second-order valence-corrected chi connectivity index (χ2v) is 5.26. The first kappa shape index (κ1) is 12.5. The highest BCUT2D eigenvalue weighted by Crippen LogP contribution is 2.52. The summed E-state index contributed by atoms with van der Waals surface area (Å²) in [5.74, 6) is -0.0129. The zero-order valence-electron chi connectivity index (χ0n) is 11.5. The summed E-state index contributed by atoms with van der Waals surface area (Å²) in [5.41, 5.74) is 0.907. The smallest absolute Gasteiger partial charge is 0.342 e. The van der Waals surface area contributed by atoms with Gasteiger partial charge in [0.25, 0.3) is 0 Å². The first-order valence-corrected chi connectivity index (χ1v) is 6.86. The molecule has 4 rings (SSSR count). The minimum absolute atomic E-state index is 0.0374. The van der Waals surface area contributed by atoms with Gasteiger partial charge in [0, 0.05) is 16.3 Å².